The van der Waals surface area contributed by atoms with Crippen molar-refractivity contribution in [3.63, 3.8) is 0 Å². The number of pyridine rings is 1. The van der Waals surface area contributed by atoms with Gasteiger partial charge in [0.05, 0.1) is 18.4 Å². The van der Waals surface area contributed by atoms with Gasteiger partial charge in [0.1, 0.15) is 23.0 Å². The van der Waals surface area contributed by atoms with Crippen molar-refractivity contribution in [3.8, 4) is 22.8 Å². The first-order valence-electron chi connectivity index (χ1n) is 8.58. The highest BCUT2D eigenvalue weighted by molar-refractivity contribution is 5.91. The van der Waals surface area contributed by atoms with Gasteiger partial charge in [-0.1, -0.05) is 0 Å². The number of hydrogen-bond donors (Lipinski definition) is 3. The van der Waals surface area contributed by atoms with Crippen molar-refractivity contribution in [2.45, 2.75) is 12.5 Å². The molecule has 0 saturated carbocycles. The molecule has 1 aromatic heterocycles. The molecule has 0 fully saturated rings. The number of nitrogens with two attached hydrogens (primary N) is 1. The van der Waals surface area contributed by atoms with Crippen LogP contribution in [0.4, 0.5) is 4.39 Å². The molecule has 0 aliphatic heterocycles. The van der Waals surface area contributed by atoms with Crippen LogP contribution in [-0.2, 0) is 6.42 Å². The predicted molar refractivity (Wildman–Crippen MR) is 101 cm³/mol. The first kappa shape index (κ1) is 19.5. The fourth-order valence-corrected chi connectivity index (χ4v) is 2.65. The first-order chi connectivity index (χ1) is 13.4. The third-order valence-corrected chi connectivity index (χ3v) is 4.02. The maximum atomic E-state index is 13.0. The SMILES string of the molecule is NC(=O)c1cc(C[C@@H](O)CO)cc(-c2ccc(Oc3ccc(F)cc3)cc2)n1. The summed E-state index contributed by atoms with van der Waals surface area (Å²) in [4.78, 5) is 15.8. The lowest BCUT2D eigenvalue weighted by molar-refractivity contribution is 0.0952. The topological polar surface area (TPSA) is 106 Å². The Hall–Kier alpha value is -3.29. The number of aliphatic hydroxyl groups is 2. The zero-order valence-corrected chi connectivity index (χ0v) is 14.9. The Morgan fingerprint density at radius 2 is 1.68 bits per heavy atom. The van der Waals surface area contributed by atoms with Crippen LogP contribution in [0.5, 0.6) is 11.5 Å². The summed E-state index contributed by atoms with van der Waals surface area (Å²) in [5.41, 5.74) is 7.28. The van der Waals surface area contributed by atoms with Crippen LogP contribution in [-0.4, -0.2) is 33.8 Å². The molecule has 2 aromatic carbocycles. The standard InChI is InChI=1S/C21H19FN2O4/c22-15-3-7-18(8-4-15)28-17-5-1-14(2-6-17)19-10-13(9-16(26)12-25)11-20(24-19)21(23)27/h1-8,10-11,16,25-26H,9,12H2,(H2,23,27)/t16-/m1/s1. The summed E-state index contributed by atoms with van der Waals surface area (Å²) in [6.07, 6.45) is -0.777. The second-order valence-corrected chi connectivity index (χ2v) is 6.23. The Balaban J connectivity index is 1.85. The average Bonchev–Trinajstić information content (AvgIpc) is 2.70. The van der Waals surface area contributed by atoms with Gasteiger partial charge in [0.25, 0.3) is 5.91 Å². The van der Waals surface area contributed by atoms with E-state index in [9.17, 15) is 14.3 Å². The van der Waals surface area contributed by atoms with Crippen molar-refractivity contribution in [2.24, 2.45) is 5.73 Å². The molecule has 4 N–H and O–H groups in total. The van der Waals surface area contributed by atoms with E-state index in [0.29, 0.717) is 28.3 Å². The minimum absolute atomic E-state index is 0.0734. The summed E-state index contributed by atoms with van der Waals surface area (Å²) in [6, 6.07) is 15.9. The summed E-state index contributed by atoms with van der Waals surface area (Å²) in [5.74, 6) is 0.0312. The highest BCUT2D eigenvalue weighted by atomic mass is 19.1. The van der Waals surface area contributed by atoms with Crippen molar-refractivity contribution in [2.75, 3.05) is 6.61 Å². The molecule has 1 heterocycles. The van der Waals surface area contributed by atoms with Crippen LogP contribution in [0.15, 0.2) is 60.7 Å². The molecular formula is C21H19FN2O4. The number of nitrogens with zero attached hydrogens (tertiary/aromatic N) is 1. The lowest BCUT2D eigenvalue weighted by Crippen LogP contribution is -2.18. The highest BCUT2D eigenvalue weighted by Crippen LogP contribution is 2.26. The molecule has 28 heavy (non-hydrogen) atoms. The van der Waals surface area contributed by atoms with Crippen LogP contribution in [0.2, 0.25) is 0 Å². The minimum Gasteiger partial charge on any atom is -0.457 e. The molecule has 3 aromatic rings. The number of ether oxygens (including phenoxy) is 1. The maximum Gasteiger partial charge on any atom is 0.267 e. The molecule has 7 heteroatoms. The largest absolute Gasteiger partial charge is 0.457 e. The summed E-state index contributed by atoms with van der Waals surface area (Å²) < 4.78 is 18.6. The number of rotatable bonds is 7. The predicted octanol–water partition coefficient (Wildman–Crippen LogP) is 2.67. The highest BCUT2D eigenvalue weighted by Gasteiger charge is 2.12. The van der Waals surface area contributed by atoms with E-state index in [2.05, 4.69) is 4.98 Å². The fourth-order valence-electron chi connectivity index (χ4n) is 2.65. The number of benzene rings is 2. The number of halogens is 1. The monoisotopic (exact) mass is 382 g/mol. The van der Waals surface area contributed by atoms with Crippen LogP contribution >= 0.6 is 0 Å². The van der Waals surface area contributed by atoms with Gasteiger partial charge >= 0.3 is 0 Å². The van der Waals surface area contributed by atoms with E-state index < -0.39 is 12.0 Å². The van der Waals surface area contributed by atoms with Crippen molar-refractivity contribution in [1.29, 1.82) is 0 Å². The van der Waals surface area contributed by atoms with Gasteiger partial charge in [-0.2, -0.15) is 0 Å². The Morgan fingerprint density at radius 1 is 1.07 bits per heavy atom. The van der Waals surface area contributed by atoms with Crippen LogP contribution in [0.1, 0.15) is 16.1 Å². The summed E-state index contributed by atoms with van der Waals surface area (Å²) in [7, 11) is 0. The number of carbonyl (C=O) groups is 1. The molecule has 1 atom stereocenters. The number of amides is 1. The first-order valence-corrected chi connectivity index (χ1v) is 8.58. The average molecular weight is 382 g/mol. The number of aliphatic hydroxyl groups excluding tert-OH is 2. The van der Waals surface area contributed by atoms with Crippen molar-refractivity contribution in [3.05, 3.63) is 77.7 Å². The normalized spacial score (nSPS) is 11.8. The van der Waals surface area contributed by atoms with Crippen LogP contribution in [0.3, 0.4) is 0 Å². The van der Waals surface area contributed by atoms with E-state index in [1.54, 1.807) is 30.3 Å². The molecule has 0 bridgehead atoms. The van der Waals surface area contributed by atoms with Crippen molar-refractivity contribution in [1.82, 2.24) is 4.98 Å². The summed E-state index contributed by atoms with van der Waals surface area (Å²) in [5, 5.41) is 18.7. The summed E-state index contributed by atoms with van der Waals surface area (Å²) in [6.45, 7) is -0.390. The summed E-state index contributed by atoms with van der Waals surface area (Å²) >= 11 is 0. The van der Waals surface area contributed by atoms with E-state index in [4.69, 9.17) is 15.6 Å². The van der Waals surface area contributed by atoms with Gasteiger partial charge in [0, 0.05) is 12.0 Å². The third kappa shape index (κ3) is 4.91. The number of hydrogen-bond acceptors (Lipinski definition) is 5. The van der Waals surface area contributed by atoms with E-state index in [1.165, 1.54) is 30.3 Å². The van der Waals surface area contributed by atoms with Crippen molar-refractivity contribution < 1.29 is 24.1 Å². The second kappa shape index (κ2) is 8.60. The molecule has 1 amide bonds. The van der Waals surface area contributed by atoms with Crippen LogP contribution in [0, 0.1) is 5.82 Å². The molecule has 0 aliphatic carbocycles. The van der Waals surface area contributed by atoms with E-state index in [0.717, 1.165) is 0 Å². The van der Waals surface area contributed by atoms with Gasteiger partial charge < -0.3 is 20.7 Å². The molecular weight excluding hydrogens is 363 g/mol. The molecule has 6 nitrogen and oxygen atoms in total. The molecule has 0 spiro atoms. The van der Waals surface area contributed by atoms with Crippen LogP contribution in [0.25, 0.3) is 11.3 Å². The number of primary amides is 1. The molecule has 0 aliphatic rings. The maximum absolute atomic E-state index is 13.0. The Labute approximate surface area is 161 Å². The molecule has 3 rings (SSSR count). The zero-order valence-electron chi connectivity index (χ0n) is 14.9. The fraction of sp³-hybridized carbons (Fsp3) is 0.143. The van der Waals surface area contributed by atoms with Gasteiger partial charge in [0.2, 0.25) is 0 Å². The Bertz CT molecular complexity index is 959. The van der Waals surface area contributed by atoms with E-state index in [1.807, 2.05) is 0 Å². The van der Waals surface area contributed by atoms with Gasteiger partial charge in [-0.05, 0) is 66.2 Å². The lowest BCUT2D eigenvalue weighted by atomic mass is 10.0. The molecule has 0 saturated heterocycles. The smallest absolute Gasteiger partial charge is 0.267 e. The molecule has 0 radical (unpaired) electrons. The molecule has 144 valence electrons. The Morgan fingerprint density at radius 3 is 2.25 bits per heavy atom. The van der Waals surface area contributed by atoms with Crippen molar-refractivity contribution >= 4 is 5.91 Å². The van der Waals surface area contributed by atoms with Gasteiger partial charge in [-0.25, -0.2) is 9.37 Å². The van der Waals surface area contributed by atoms with Gasteiger partial charge in [-0.15, -0.1) is 0 Å². The van der Waals surface area contributed by atoms with Crippen LogP contribution < -0.4 is 10.5 Å². The number of carbonyl (C=O) groups excluding carboxylic acids is 1. The number of aromatic nitrogens is 1. The van der Waals surface area contributed by atoms with Gasteiger partial charge in [0.15, 0.2) is 0 Å². The van der Waals surface area contributed by atoms with Gasteiger partial charge in [-0.3, -0.25) is 4.79 Å². The molecule has 0 unspecified atom stereocenters. The van der Waals surface area contributed by atoms with E-state index >= 15 is 0 Å². The second-order valence-electron chi connectivity index (χ2n) is 6.23. The quantitative estimate of drug-likeness (QED) is 0.583. The van der Waals surface area contributed by atoms with E-state index in [-0.39, 0.29) is 24.5 Å². The Kier molecular flexibility index (Phi) is 5.98. The zero-order chi connectivity index (χ0) is 20.1. The third-order valence-electron chi connectivity index (χ3n) is 4.02. The lowest BCUT2D eigenvalue weighted by Gasteiger charge is -2.11. The minimum atomic E-state index is -0.942.